The first kappa shape index (κ1) is 26.8. The number of carbonyl (C=O) groups is 1. The van der Waals surface area contributed by atoms with Crippen LogP contribution in [0.4, 0.5) is 5.69 Å². The first-order valence-corrected chi connectivity index (χ1v) is 13.4. The van der Waals surface area contributed by atoms with Crippen LogP contribution in [0.3, 0.4) is 0 Å². The van der Waals surface area contributed by atoms with Crippen molar-refractivity contribution in [3.8, 4) is 11.3 Å². The molecule has 1 aromatic heterocycles. The predicted molar refractivity (Wildman–Crippen MR) is 147 cm³/mol. The summed E-state index contributed by atoms with van der Waals surface area (Å²) in [5.41, 5.74) is 3.79. The van der Waals surface area contributed by atoms with Crippen LogP contribution in [0.5, 0.6) is 0 Å². The Kier molecular flexibility index (Phi) is 8.24. The van der Waals surface area contributed by atoms with Crippen LogP contribution >= 0.6 is 34.8 Å². The Morgan fingerprint density at radius 3 is 2.46 bits per heavy atom. The lowest BCUT2D eigenvalue weighted by atomic mass is 10.2. The largest absolute Gasteiger partial charge is 0.455 e. The molecule has 0 unspecified atom stereocenters. The molecule has 11 heteroatoms. The van der Waals surface area contributed by atoms with Gasteiger partial charge < -0.3 is 4.42 Å². The molecule has 3 aromatic carbocycles. The summed E-state index contributed by atoms with van der Waals surface area (Å²) < 4.78 is 33.6. The normalized spacial score (nSPS) is 11.6. The third kappa shape index (κ3) is 6.17. The van der Waals surface area contributed by atoms with E-state index in [0.29, 0.717) is 37.7 Å². The molecule has 0 aliphatic carbocycles. The Balaban J connectivity index is 1.53. The highest BCUT2D eigenvalue weighted by Gasteiger charge is 2.28. The summed E-state index contributed by atoms with van der Waals surface area (Å²) >= 11 is 18.4. The predicted octanol–water partition coefficient (Wildman–Crippen LogP) is 6.56. The molecule has 1 amide bonds. The quantitative estimate of drug-likeness (QED) is 0.190. The van der Waals surface area contributed by atoms with Gasteiger partial charge in [0.1, 0.15) is 18.1 Å². The summed E-state index contributed by atoms with van der Waals surface area (Å²) in [4.78, 5) is 12.8. The molecular weight excluding hydrogens is 557 g/mol. The molecule has 190 valence electrons. The van der Waals surface area contributed by atoms with E-state index in [-0.39, 0.29) is 10.6 Å². The fraction of sp³-hybridized carbons (Fsp3) is 0.0769. The van der Waals surface area contributed by atoms with Crippen LogP contribution in [-0.2, 0) is 14.8 Å². The molecule has 37 heavy (non-hydrogen) atoms. The summed E-state index contributed by atoms with van der Waals surface area (Å²) in [7, 11) is -4.08. The highest BCUT2D eigenvalue weighted by Crippen LogP contribution is 2.32. The average molecular weight is 577 g/mol. The second-order valence-electron chi connectivity index (χ2n) is 7.83. The van der Waals surface area contributed by atoms with Crippen molar-refractivity contribution in [2.75, 3.05) is 10.8 Å². The summed E-state index contributed by atoms with van der Waals surface area (Å²) in [5, 5.41) is 5.21. The van der Waals surface area contributed by atoms with Crippen LogP contribution in [0.2, 0.25) is 15.1 Å². The third-order valence-electron chi connectivity index (χ3n) is 5.33. The van der Waals surface area contributed by atoms with Gasteiger partial charge in [-0.25, -0.2) is 13.8 Å². The van der Waals surface area contributed by atoms with Crippen molar-refractivity contribution in [3.63, 3.8) is 0 Å². The van der Waals surface area contributed by atoms with Gasteiger partial charge in [-0.05, 0) is 67.1 Å². The average Bonchev–Trinajstić information content (AvgIpc) is 3.33. The fourth-order valence-electron chi connectivity index (χ4n) is 3.48. The summed E-state index contributed by atoms with van der Waals surface area (Å²) in [5.74, 6) is 0.175. The molecule has 0 spiro atoms. The van der Waals surface area contributed by atoms with Crippen molar-refractivity contribution >= 4 is 62.6 Å². The maximum atomic E-state index is 13.4. The van der Waals surface area contributed by atoms with Gasteiger partial charge in [-0.2, -0.15) is 5.10 Å². The van der Waals surface area contributed by atoms with Crippen molar-refractivity contribution in [2.45, 2.75) is 11.8 Å². The number of hydrazone groups is 1. The summed E-state index contributed by atoms with van der Waals surface area (Å²) in [6.45, 7) is 1.15. The van der Waals surface area contributed by atoms with Crippen molar-refractivity contribution < 1.29 is 17.6 Å². The van der Waals surface area contributed by atoms with Crippen molar-refractivity contribution in [1.82, 2.24) is 5.43 Å². The van der Waals surface area contributed by atoms with Crippen LogP contribution in [-0.4, -0.2) is 27.1 Å². The number of anilines is 1. The van der Waals surface area contributed by atoms with E-state index in [1.807, 2.05) is 0 Å². The fourth-order valence-corrected chi connectivity index (χ4v) is 5.65. The van der Waals surface area contributed by atoms with Gasteiger partial charge in [0.25, 0.3) is 15.9 Å². The number of nitrogens with zero attached hydrogens (tertiary/aromatic N) is 2. The maximum absolute atomic E-state index is 13.4. The SMILES string of the molecule is Cc1c(Cl)cccc1N(CC(=O)N/N=C/c1ccc(-c2ccc(Cl)cc2Cl)o1)S(=O)(=O)c1ccccc1. The highest BCUT2D eigenvalue weighted by atomic mass is 35.5. The van der Waals surface area contributed by atoms with Gasteiger partial charge in [0, 0.05) is 15.6 Å². The Morgan fingerprint density at radius 2 is 1.73 bits per heavy atom. The minimum atomic E-state index is -4.08. The van der Waals surface area contributed by atoms with Gasteiger partial charge in [-0.3, -0.25) is 9.10 Å². The Labute approximate surface area is 229 Å². The topological polar surface area (TPSA) is 92.0 Å². The zero-order valence-electron chi connectivity index (χ0n) is 19.4. The van der Waals surface area contributed by atoms with Gasteiger partial charge in [-0.1, -0.05) is 59.1 Å². The first-order valence-electron chi connectivity index (χ1n) is 10.9. The molecule has 0 saturated heterocycles. The summed E-state index contributed by atoms with van der Waals surface area (Å²) in [6.07, 6.45) is 1.30. The Hall–Kier alpha value is -3.30. The van der Waals surface area contributed by atoms with E-state index >= 15 is 0 Å². The number of furan rings is 1. The minimum absolute atomic E-state index is 0.0367. The molecule has 4 aromatic rings. The molecule has 7 nitrogen and oxygen atoms in total. The van der Waals surface area contributed by atoms with E-state index in [9.17, 15) is 13.2 Å². The molecule has 0 radical (unpaired) electrons. The van der Waals surface area contributed by atoms with Crippen LogP contribution < -0.4 is 9.73 Å². The van der Waals surface area contributed by atoms with Gasteiger partial charge in [0.2, 0.25) is 0 Å². The molecule has 0 atom stereocenters. The van der Waals surface area contributed by atoms with E-state index in [4.69, 9.17) is 39.2 Å². The zero-order chi connectivity index (χ0) is 26.6. The standard InChI is InChI=1S/C26H20Cl3N3O4S/c1-17-22(28)8-5-9-24(17)32(37(34,35)20-6-3-2-4-7-20)16-26(33)31-30-15-19-11-13-25(36-19)21-12-10-18(27)14-23(21)29/h2-15H,16H2,1H3,(H,31,33)/b30-15+. The molecule has 0 aliphatic heterocycles. The van der Waals surface area contributed by atoms with Gasteiger partial charge in [0.05, 0.1) is 21.8 Å². The smallest absolute Gasteiger partial charge is 0.264 e. The summed E-state index contributed by atoms with van der Waals surface area (Å²) in [6, 6.07) is 21.1. The van der Waals surface area contributed by atoms with E-state index < -0.39 is 22.5 Å². The Bertz CT molecular complexity index is 1570. The van der Waals surface area contributed by atoms with Gasteiger partial charge in [0.15, 0.2) is 0 Å². The number of carbonyl (C=O) groups excluding carboxylic acids is 1. The van der Waals surface area contributed by atoms with Crippen molar-refractivity contribution in [2.24, 2.45) is 5.10 Å². The van der Waals surface area contributed by atoms with Crippen LogP contribution in [0.1, 0.15) is 11.3 Å². The number of halogens is 3. The Morgan fingerprint density at radius 1 is 0.973 bits per heavy atom. The van der Waals surface area contributed by atoms with Gasteiger partial charge >= 0.3 is 0 Å². The monoisotopic (exact) mass is 575 g/mol. The maximum Gasteiger partial charge on any atom is 0.264 e. The molecule has 0 aliphatic rings. The molecule has 1 N–H and O–H groups in total. The number of amides is 1. The third-order valence-corrected chi connectivity index (χ3v) is 8.06. The number of sulfonamides is 1. The number of benzene rings is 3. The van der Waals surface area contributed by atoms with Crippen molar-refractivity contribution in [3.05, 3.63) is 105 Å². The zero-order valence-corrected chi connectivity index (χ0v) is 22.4. The lowest BCUT2D eigenvalue weighted by Gasteiger charge is -2.25. The van der Waals surface area contributed by atoms with E-state index in [2.05, 4.69) is 10.5 Å². The second-order valence-corrected chi connectivity index (χ2v) is 10.9. The van der Waals surface area contributed by atoms with E-state index in [1.165, 1.54) is 18.3 Å². The van der Waals surface area contributed by atoms with Crippen LogP contribution in [0.25, 0.3) is 11.3 Å². The molecule has 1 heterocycles. The number of hydrogen-bond donors (Lipinski definition) is 1. The molecule has 0 saturated carbocycles. The number of nitrogens with one attached hydrogen (secondary N) is 1. The van der Waals surface area contributed by atoms with Gasteiger partial charge in [-0.15, -0.1) is 0 Å². The highest BCUT2D eigenvalue weighted by molar-refractivity contribution is 7.92. The van der Waals surface area contributed by atoms with Crippen molar-refractivity contribution in [1.29, 1.82) is 0 Å². The van der Waals surface area contributed by atoms with Crippen LogP contribution in [0, 0.1) is 6.92 Å². The number of rotatable bonds is 8. The van der Waals surface area contributed by atoms with Crippen LogP contribution in [0.15, 0.2) is 93.3 Å². The molecule has 4 rings (SSSR count). The minimum Gasteiger partial charge on any atom is -0.455 e. The lowest BCUT2D eigenvalue weighted by Crippen LogP contribution is -2.40. The molecular formula is C26H20Cl3N3O4S. The number of hydrogen-bond acceptors (Lipinski definition) is 5. The molecule has 0 bridgehead atoms. The lowest BCUT2D eigenvalue weighted by molar-refractivity contribution is -0.119. The second kappa shape index (κ2) is 11.4. The van der Waals surface area contributed by atoms with E-state index in [0.717, 1.165) is 4.31 Å². The van der Waals surface area contributed by atoms with E-state index in [1.54, 1.807) is 73.7 Å². The first-order chi connectivity index (χ1) is 17.7. The molecule has 0 fully saturated rings.